The standard InChI is InChI=1S/C18H24ClN5/c19-16-11-13-10-14(22-15-2-1-5-21-12-15)3-4-17(13)23-18(16)24-8-6-20-7-9-24/h3-4,10-11,15,20-22H,1-2,5-9,12H2. The molecule has 24 heavy (non-hydrogen) atoms. The van der Waals surface area contributed by atoms with Crippen LogP contribution in [0, 0.1) is 0 Å². The third-order valence-electron chi connectivity index (χ3n) is 4.83. The van der Waals surface area contributed by atoms with E-state index in [4.69, 9.17) is 16.6 Å². The highest BCUT2D eigenvalue weighted by molar-refractivity contribution is 6.33. The first kappa shape index (κ1) is 15.9. The molecule has 128 valence electrons. The number of benzene rings is 1. The lowest BCUT2D eigenvalue weighted by Gasteiger charge is -2.29. The predicted octanol–water partition coefficient (Wildman–Crippen LogP) is 2.46. The number of nitrogens with one attached hydrogen (secondary N) is 3. The van der Waals surface area contributed by atoms with E-state index < -0.39 is 0 Å². The van der Waals surface area contributed by atoms with Gasteiger partial charge in [-0.3, -0.25) is 0 Å². The van der Waals surface area contributed by atoms with Crippen LogP contribution in [0.1, 0.15) is 12.8 Å². The van der Waals surface area contributed by atoms with Gasteiger partial charge in [0.05, 0.1) is 10.5 Å². The van der Waals surface area contributed by atoms with Crippen LogP contribution in [0.5, 0.6) is 0 Å². The maximum atomic E-state index is 6.53. The number of nitrogens with zero attached hydrogens (tertiary/aromatic N) is 2. The van der Waals surface area contributed by atoms with Crippen molar-refractivity contribution >= 4 is 34.0 Å². The van der Waals surface area contributed by atoms with Crippen molar-refractivity contribution in [1.29, 1.82) is 0 Å². The maximum absolute atomic E-state index is 6.53. The molecule has 1 unspecified atom stereocenters. The fraction of sp³-hybridized carbons (Fsp3) is 0.500. The molecule has 2 aliphatic heterocycles. The Morgan fingerprint density at radius 2 is 2.00 bits per heavy atom. The Hall–Kier alpha value is -1.56. The Morgan fingerprint density at radius 3 is 2.79 bits per heavy atom. The van der Waals surface area contributed by atoms with Crippen LogP contribution in [0.2, 0.25) is 5.02 Å². The molecule has 2 aromatic rings. The van der Waals surface area contributed by atoms with Gasteiger partial charge in [0, 0.05) is 49.8 Å². The minimum atomic E-state index is 0.500. The van der Waals surface area contributed by atoms with E-state index in [1.807, 2.05) is 6.07 Å². The molecule has 1 atom stereocenters. The van der Waals surface area contributed by atoms with Crippen LogP contribution in [0.15, 0.2) is 24.3 Å². The maximum Gasteiger partial charge on any atom is 0.148 e. The van der Waals surface area contributed by atoms with Crippen LogP contribution >= 0.6 is 11.6 Å². The zero-order valence-corrected chi connectivity index (χ0v) is 14.6. The first-order valence-electron chi connectivity index (χ1n) is 8.83. The Morgan fingerprint density at radius 1 is 1.12 bits per heavy atom. The number of halogens is 1. The fourth-order valence-corrected chi connectivity index (χ4v) is 3.82. The van der Waals surface area contributed by atoms with Crippen molar-refractivity contribution in [1.82, 2.24) is 15.6 Å². The highest BCUT2D eigenvalue weighted by atomic mass is 35.5. The summed E-state index contributed by atoms with van der Waals surface area (Å²) in [5.41, 5.74) is 2.14. The third-order valence-corrected chi connectivity index (χ3v) is 5.11. The van der Waals surface area contributed by atoms with Crippen LogP contribution in [0.4, 0.5) is 11.5 Å². The summed E-state index contributed by atoms with van der Waals surface area (Å²) in [7, 11) is 0. The van der Waals surface area contributed by atoms with E-state index in [9.17, 15) is 0 Å². The van der Waals surface area contributed by atoms with Crippen molar-refractivity contribution in [2.75, 3.05) is 49.5 Å². The molecule has 3 heterocycles. The van der Waals surface area contributed by atoms with Crippen molar-refractivity contribution in [3.63, 3.8) is 0 Å². The Kier molecular flexibility index (Phi) is 4.74. The summed E-state index contributed by atoms with van der Waals surface area (Å²) >= 11 is 6.53. The van der Waals surface area contributed by atoms with E-state index in [-0.39, 0.29) is 0 Å². The molecule has 6 heteroatoms. The second-order valence-electron chi connectivity index (χ2n) is 6.63. The number of piperidine rings is 1. The molecule has 2 saturated heterocycles. The van der Waals surface area contributed by atoms with Crippen molar-refractivity contribution in [3.05, 3.63) is 29.3 Å². The van der Waals surface area contributed by atoms with E-state index in [2.05, 4.69) is 39.0 Å². The van der Waals surface area contributed by atoms with Crippen LogP contribution in [0.25, 0.3) is 10.9 Å². The van der Waals surface area contributed by atoms with Gasteiger partial charge in [-0.2, -0.15) is 0 Å². The normalized spacial score (nSPS) is 21.9. The van der Waals surface area contributed by atoms with Gasteiger partial charge in [0.1, 0.15) is 5.82 Å². The molecule has 1 aromatic heterocycles. The number of rotatable bonds is 3. The largest absolute Gasteiger partial charge is 0.381 e. The average Bonchev–Trinajstić information content (AvgIpc) is 2.63. The van der Waals surface area contributed by atoms with E-state index in [1.165, 1.54) is 12.8 Å². The van der Waals surface area contributed by atoms with Gasteiger partial charge in [-0.05, 0) is 43.7 Å². The minimum Gasteiger partial charge on any atom is -0.381 e. The molecular weight excluding hydrogens is 322 g/mol. The molecule has 2 aliphatic rings. The number of anilines is 2. The second kappa shape index (κ2) is 7.13. The number of hydrogen-bond acceptors (Lipinski definition) is 5. The predicted molar refractivity (Wildman–Crippen MR) is 101 cm³/mol. The topological polar surface area (TPSA) is 52.2 Å². The average molecular weight is 346 g/mol. The van der Waals surface area contributed by atoms with E-state index in [0.717, 1.165) is 66.7 Å². The lowest BCUT2D eigenvalue weighted by atomic mass is 10.1. The first-order valence-corrected chi connectivity index (χ1v) is 9.20. The number of aromatic nitrogens is 1. The zero-order valence-electron chi connectivity index (χ0n) is 13.8. The number of fused-ring (bicyclic) bond motifs is 1. The molecule has 4 rings (SSSR count). The number of piperazine rings is 1. The summed E-state index contributed by atoms with van der Waals surface area (Å²) in [4.78, 5) is 7.07. The fourth-order valence-electron chi connectivity index (χ4n) is 3.54. The van der Waals surface area contributed by atoms with Gasteiger partial charge in [-0.15, -0.1) is 0 Å². The summed E-state index contributed by atoms with van der Waals surface area (Å²) in [6, 6.07) is 8.92. The highest BCUT2D eigenvalue weighted by Gasteiger charge is 2.17. The second-order valence-corrected chi connectivity index (χ2v) is 7.03. The van der Waals surface area contributed by atoms with Crippen molar-refractivity contribution in [2.24, 2.45) is 0 Å². The molecule has 2 fully saturated rings. The lowest BCUT2D eigenvalue weighted by molar-refractivity contribution is 0.480. The van der Waals surface area contributed by atoms with E-state index in [0.29, 0.717) is 6.04 Å². The van der Waals surface area contributed by atoms with Gasteiger partial charge in [-0.1, -0.05) is 11.6 Å². The molecular formula is C18H24ClN5. The quantitative estimate of drug-likeness (QED) is 0.798. The first-order chi connectivity index (χ1) is 11.8. The van der Waals surface area contributed by atoms with Crippen LogP contribution in [-0.4, -0.2) is 50.3 Å². The Labute approximate surface area is 147 Å². The molecule has 0 aliphatic carbocycles. The summed E-state index contributed by atoms with van der Waals surface area (Å²) in [6.07, 6.45) is 2.44. The van der Waals surface area contributed by atoms with Crippen LogP contribution in [-0.2, 0) is 0 Å². The lowest BCUT2D eigenvalue weighted by Crippen LogP contribution is -2.44. The van der Waals surface area contributed by atoms with Gasteiger partial charge in [0.25, 0.3) is 0 Å². The molecule has 0 saturated carbocycles. The summed E-state index contributed by atoms with van der Waals surface area (Å²) in [6.45, 7) is 6.02. The molecule has 0 spiro atoms. The zero-order chi connectivity index (χ0) is 16.4. The molecule has 3 N–H and O–H groups in total. The monoisotopic (exact) mass is 345 g/mol. The van der Waals surface area contributed by atoms with E-state index in [1.54, 1.807) is 0 Å². The van der Waals surface area contributed by atoms with Crippen molar-refractivity contribution in [2.45, 2.75) is 18.9 Å². The minimum absolute atomic E-state index is 0.500. The summed E-state index contributed by atoms with van der Waals surface area (Å²) in [5, 5.41) is 12.2. The third kappa shape index (κ3) is 3.43. The molecule has 5 nitrogen and oxygen atoms in total. The molecule has 0 bridgehead atoms. The molecule has 0 radical (unpaired) electrons. The van der Waals surface area contributed by atoms with Gasteiger partial charge >= 0.3 is 0 Å². The van der Waals surface area contributed by atoms with Crippen LogP contribution < -0.4 is 20.9 Å². The smallest absolute Gasteiger partial charge is 0.148 e. The molecule has 0 amide bonds. The highest BCUT2D eigenvalue weighted by Crippen LogP contribution is 2.29. The van der Waals surface area contributed by atoms with Crippen molar-refractivity contribution in [3.8, 4) is 0 Å². The Bertz CT molecular complexity index is 708. The molecule has 1 aromatic carbocycles. The SMILES string of the molecule is Clc1cc2cc(NC3CCCNC3)ccc2nc1N1CCNCC1. The van der Waals surface area contributed by atoms with Crippen molar-refractivity contribution < 1.29 is 0 Å². The summed E-state index contributed by atoms with van der Waals surface area (Å²) in [5.74, 6) is 0.905. The van der Waals surface area contributed by atoms with Gasteiger partial charge < -0.3 is 20.9 Å². The number of pyridine rings is 1. The van der Waals surface area contributed by atoms with Crippen LogP contribution in [0.3, 0.4) is 0 Å². The van der Waals surface area contributed by atoms with Gasteiger partial charge in [0.15, 0.2) is 0 Å². The summed E-state index contributed by atoms with van der Waals surface area (Å²) < 4.78 is 0. The number of hydrogen-bond donors (Lipinski definition) is 3. The van der Waals surface area contributed by atoms with Gasteiger partial charge in [0.2, 0.25) is 0 Å². The van der Waals surface area contributed by atoms with E-state index >= 15 is 0 Å². The van der Waals surface area contributed by atoms with Gasteiger partial charge in [-0.25, -0.2) is 4.98 Å². The Balaban J connectivity index is 1.58.